The van der Waals surface area contributed by atoms with Crippen molar-refractivity contribution in [2.24, 2.45) is 4.99 Å². The third-order valence-corrected chi connectivity index (χ3v) is 3.81. The van der Waals surface area contributed by atoms with Crippen molar-refractivity contribution in [3.05, 3.63) is 57.8 Å². The Hall–Kier alpha value is -1.12. The Balaban J connectivity index is 0.00000242. The van der Waals surface area contributed by atoms with Gasteiger partial charge in [0.05, 0.1) is 13.2 Å². The minimum atomic E-state index is 0. The number of halogens is 1. The van der Waals surface area contributed by atoms with Crippen LogP contribution < -0.4 is 10.6 Å². The van der Waals surface area contributed by atoms with Gasteiger partial charge in [0.15, 0.2) is 5.96 Å². The van der Waals surface area contributed by atoms with E-state index in [1.807, 2.05) is 31.2 Å². The number of rotatable bonds is 6. The fourth-order valence-electron chi connectivity index (χ4n) is 1.96. The van der Waals surface area contributed by atoms with Gasteiger partial charge in [0.1, 0.15) is 0 Å². The van der Waals surface area contributed by atoms with Crippen molar-refractivity contribution in [3.8, 4) is 0 Å². The number of benzene rings is 1. The van der Waals surface area contributed by atoms with Gasteiger partial charge < -0.3 is 15.7 Å². The summed E-state index contributed by atoms with van der Waals surface area (Å²) < 4.78 is 0. The molecule has 0 spiro atoms. The number of aliphatic hydroxyl groups is 1. The molecule has 6 heteroatoms. The molecule has 120 valence electrons. The van der Waals surface area contributed by atoms with Crippen LogP contribution in [0.3, 0.4) is 0 Å². The first-order chi connectivity index (χ1) is 10.3. The zero-order valence-corrected chi connectivity index (χ0v) is 15.7. The lowest BCUT2D eigenvalue weighted by atomic mass is 10.1. The molecule has 1 aromatic carbocycles. The first kappa shape index (κ1) is 18.9. The molecule has 1 heterocycles. The Kier molecular flexibility index (Phi) is 9.10. The first-order valence-corrected chi connectivity index (χ1v) is 7.98. The Morgan fingerprint density at radius 3 is 2.59 bits per heavy atom. The predicted octanol–water partition coefficient (Wildman–Crippen LogP) is 3.11. The van der Waals surface area contributed by atoms with Gasteiger partial charge in [-0.25, -0.2) is 4.99 Å². The van der Waals surface area contributed by atoms with Gasteiger partial charge >= 0.3 is 0 Å². The Bertz CT molecular complexity index is 573. The summed E-state index contributed by atoms with van der Waals surface area (Å²) in [5, 5.41) is 20.0. The lowest BCUT2D eigenvalue weighted by Crippen LogP contribution is -2.37. The lowest BCUT2D eigenvalue weighted by molar-refractivity contribution is 0.280. The molecule has 0 fully saturated rings. The van der Waals surface area contributed by atoms with Crippen molar-refractivity contribution >= 4 is 41.3 Å². The second-order valence-electron chi connectivity index (χ2n) is 4.61. The monoisotopic (exact) mass is 431 g/mol. The summed E-state index contributed by atoms with van der Waals surface area (Å²) in [6.45, 7) is 4.23. The highest BCUT2D eigenvalue weighted by Gasteiger charge is 2.02. The van der Waals surface area contributed by atoms with Gasteiger partial charge in [-0.15, -0.1) is 24.0 Å². The van der Waals surface area contributed by atoms with Gasteiger partial charge in [0.25, 0.3) is 0 Å². The summed E-state index contributed by atoms with van der Waals surface area (Å²) in [5.41, 5.74) is 3.24. The van der Waals surface area contributed by atoms with E-state index in [1.54, 1.807) is 11.3 Å². The maximum atomic E-state index is 9.34. The van der Waals surface area contributed by atoms with E-state index < -0.39 is 0 Å². The molecule has 1 aromatic heterocycles. The molecule has 0 aliphatic heterocycles. The second kappa shape index (κ2) is 10.6. The van der Waals surface area contributed by atoms with E-state index in [0.717, 1.165) is 23.6 Å². The minimum Gasteiger partial charge on any atom is -0.392 e. The maximum absolute atomic E-state index is 9.34. The van der Waals surface area contributed by atoms with Crippen molar-refractivity contribution in [1.29, 1.82) is 0 Å². The largest absolute Gasteiger partial charge is 0.392 e. The fraction of sp³-hybridized carbons (Fsp3) is 0.312. The molecule has 0 saturated heterocycles. The summed E-state index contributed by atoms with van der Waals surface area (Å²) >= 11 is 1.68. The normalized spacial score (nSPS) is 10.9. The first-order valence-electron chi connectivity index (χ1n) is 7.04. The van der Waals surface area contributed by atoms with Crippen molar-refractivity contribution < 1.29 is 5.11 Å². The third kappa shape index (κ3) is 5.94. The van der Waals surface area contributed by atoms with Crippen LogP contribution in [-0.2, 0) is 19.7 Å². The Morgan fingerprint density at radius 2 is 1.95 bits per heavy atom. The minimum absolute atomic E-state index is 0. The van der Waals surface area contributed by atoms with E-state index in [4.69, 9.17) is 0 Å². The number of guanidine groups is 1. The number of aliphatic hydroxyl groups excluding tert-OH is 1. The van der Waals surface area contributed by atoms with Crippen LogP contribution in [0.15, 0.2) is 46.1 Å². The van der Waals surface area contributed by atoms with Crippen LogP contribution in [-0.4, -0.2) is 17.6 Å². The Labute approximate surface area is 152 Å². The maximum Gasteiger partial charge on any atom is 0.191 e. The third-order valence-electron chi connectivity index (χ3n) is 3.08. The topological polar surface area (TPSA) is 56.7 Å². The zero-order chi connectivity index (χ0) is 14.9. The van der Waals surface area contributed by atoms with Crippen molar-refractivity contribution in [2.45, 2.75) is 26.6 Å². The standard InChI is InChI=1S/C16H21N3OS.HI/c1-2-17-16(18-9-13-7-8-21-12-13)19-10-14-5-3-4-6-15(14)11-20;/h3-8,12,20H,2,9-11H2,1H3,(H2,17,18,19);1H. The van der Waals surface area contributed by atoms with Gasteiger partial charge in [0, 0.05) is 13.1 Å². The number of nitrogens with one attached hydrogen (secondary N) is 2. The lowest BCUT2D eigenvalue weighted by Gasteiger charge is -2.13. The van der Waals surface area contributed by atoms with Crippen LogP contribution in [0, 0.1) is 0 Å². The molecule has 0 amide bonds. The van der Waals surface area contributed by atoms with E-state index >= 15 is 0 Å². The van der Waals surface area contributed by atoms with Crippen LogP contribution in [0.1, 0.15) is 23.6 Å². The second-order valence-corrected chi connectivity index (χ2v) is 5.39. The van der Waals surface area contributed by atoms with Crippen molar-refractivity contribution in [2.75, 3.05) is 6.54 Å². The van der Waals surface area contributed by atoms with Crippen molar-refractivity contribution in [1.82, 2.24) is 10.6 Å². The summed E-state index contributed by atoms with van der Waals surface area (Å²) in [4.78, 5) is 4.57. The highest BCUT2D eigenvalue weighted by molar-refractivity contribution is 14.0. The van der Waals surface area contributed by atoms with Crippen LogP contribution in [0.2, 0.25) is 0 Å². The van der Waals surface area contributed by atoms with Crippen LogP contribution in [0.25, 0.3) is 0 Å². The van der Waals surface area contributed by atoms with Gasteiger partial charge in [-0.2, -0.15) is 11.3 Å². The molecule has 0 atom stereocenters. The van der Waals surface area contributed by atoms with E-state index in [-0.39, 0.29) is 30.6 Å². The number of aliphatic imine (C=N–C) groups is 1. The quantitative estimate of drug-likeness (QED) is 0.374. The zero-order valence-electron chi connectivity index (χ0n) is 12.6. The smallest absolute Gasteiger partial charge is 0.191 e. The molecule has 22 heavy (non-hydrogen) atoms. The summed E-state index contributed by atoms with van der Waals surface area (Å²) in [6, 6.07) is 9.95. The highest BCUT2D eigenvalue weighted by Crippen LogP contribution is 2.09. The predicted molar refractivity (Wildman–Crippen MR) is 104 cm³/mol. The Morgan fingerprint density at radius 1 is 1.18 bits per heavy atom. The van der Waals surface area contributed by atoms with Gasteiger partial charge in [0.2, 0.25) is 0 Å². The number of thiophene rings is 1. The van der Waals surface area contributed by atoms with Gasteiger partial charge in [-0.05, 0) is 40.4 Å². The molecule has 0 aliphatic rings. The average molecular weight is 431 g/mol. The molecule has 3 N–H and O–H groups in total. The van der Waals surface area contributed by atoms with Crippen molar-refractivity contribution in [3.63, 3.8) is 0 Å². The van der Waals surface area contributed by atoms with Gasteiger partial charge in [-0.1, -0.05) is 24.3 Å². The molecule has 2 rings (SSSR count). The molecule has 0 aliphatic carbocycles. The molecule has 0 unspecified atom stereocenters. The number of nitrogens with zero attached hydrogens (tertiary/aromatic N) is 1. The van der Waals surface area contributed by atoms with Crippen LogP contribution in [0.5, 0.6) is 0 Å². The molecular formula is C16H22IN3OS. The molecular weight excluding hydrogens is 409 g/mol. The molecule has 4 nitrogen and oxygen atoms in total. The molecule has 0 bridgehead atoms. The number of hydrogen-bond donors (Lipinski definition) is 3. The summed E-state index contributed by atoms with van der Waals surface area (Å²) in [5.74, 6) is 0.788. The number of hydrogen-bond acceptors (Lipinski definition) is 3. The van der Waals surface area contributed by atoms with E-state index in [1.165, 1.54) is 5.56 Å². The average Bonchev–Trinajstić information content (AvgIpc) is 3.03. The molecule has 2 aromatic rings. The van der Waals surface area contributed by atoms with Crippen LogP contribution >= 0.6 is 35.3 Å². The van der Waals surface area contributed by atoms with Crippen LogP contribution in [0.4, 0.5) is 0 Å². The van der Waals surface area contributed by atoms with E-state index in [2.05, 4.69) is 32.5 Å². The van der Waals surface area contributed by atoms with E-state index in [0.29, 0.717) is 13.1 Å². The molecule has 0 radical (unpaired) electrons. The highest BCUT2D eigenvalue weighted by atomic mass is 127. The summed E-state index contributed by atoms with van der Waals surface area (Å²) in [7, 11) is 0. The fourth-order valence-corrected chi connectivity index (χ4v) is 2.62. The van der Waals surface area contributed by atoms with E-state index in [9.17, 15) is 5.11 Å². The summed E-state index contributed by atoms with van der Waals surface area (Å²) in [6.07, 6.45) is 0. The molecule has 0 saturated carbocycles. The van der Waals surface area contributed by atoms with Gasteiger partial charge in [-0.3, -0.25) is 0 Å². The SMILES string of the molecule is CCNC(=NCc1ccsc1)NCc1ccccc1CO.I.